The predicted molar refractivity (Wildman–Crippen MR) is 85.3 cm³/mol. The smallest absolute Gasteiger partial charge is 0.250 e. The van der Waals surface area contributed by atoms with Gasteiger partial charge in [0.25, 0.3) is 5.91 Å². The van der Waals surface area contributed by atoms with Gasteiger partial charge in [0, 0.05) is 23.8 Å². The number of rotatable bonds is 6. The zero-order valence-electron chi connectivity index (χ0n) is 12.5. The minimum Gasteiger partial charge on any atom is -0.382 e. The minimum absolute atomic E-state index is 0.208. The van der Waals surface area contributed by atoms with Crippen molar-refractivity contribution < 1.29 is 4.79 Å². The van der Waals surface area contributed by atoms with Crippen LogP contribution in [0.2, 0.25) is 0 Å². The molecule has 0 aliphatic rings. The number of para-hydroxylation sites is 1. The number of pyridine rings is 1. The van der Waals surface area contributed by atoms with E-state index in [1.54, 1.807) is 6.07 Å². The van der Waals surface area contributed by atoms with E-state index in [1.807, 2.05) is 43.3 Å². The van der Waals surface area contributed by atoms with Crippen LogP contribution >= 0.6 is 0 Å². The molecule has 0 spiro atoms. The van der Waals surface area contributed by atoms with Crippen LogP contribution in [0.25, 0.3) is 0 Å². The molecular formula is C17H21N3O. The van der Waals surface area contributed by atoms with Gasteiger partial charge in [-0.2, -0.15) is 0 Å². The Kier molecular flexibility index (Phi) is 4.93. The van der Waals surface area contributed by atoms with E-state index in [0.717, 1.165) is 23.5 Å². The number of aryl methyl sites for hydroxylation is 1. The highest BCUT2D eigenvalue weighted by Crippen LogP contribution is 2.15. The fraction of sp³-hybridized carbons (Fsp3) is 0.294. The monoisotopic (exact) mass is 283 g/mol. The lowest BCUT2D eigenvalue weighted by atomic mass is 10.0. The summed E-state index contributed by atoms with van der Waals surface area (Å²) >= 11 is 0. The summed E-state index contributed by atoms with van der Waals surface area (Å²) in [7, 11) is 0. The van der Waals surface area contributed by atoms with Crippen LogP contribution in [0.1, 0.15) is 35.1 Å². The van der Waals surface area contributed by atoms with E-state index < -0.39 is 5.91 Å². The highest BCUT2D eigenvalue weighted by atomic mass is 16.1. The van der Waals surface area contributed by atoms with Gasteiger partial charge in [-0.05, 0) is 37.6 Å². The fourth-order valence-corrected chi connectivity index (χ4v) is 2.29. The third kappa shape index (κ3) is 4.05. The first kappa shape index (κ1) is 15.0. The van der Waals surface area contributed by atoms with Gasteiger partial charge in [0.1, 0.15) is 0 Å². The molecule has 3 N–H and O–H groups in total. The van der Waals surface area contributed by atoms with Gasteiger partial charge in [-0.3, -0.25) is 9.78 Å². The Bertz CT molecular complexity index is 611. The molecule has 0 bridgehead atoms. The van der Waals surface area contributed by atoms with Crippen molar-refractivity contribution in [1.82, 2.24) is 4.98 Å². The molecule has 1 aromatic heterocycles. The van der Waals surface area contributed by atoms with E-state index in [2.05, 4.69) is 17.2 Å². The van der Waals surface area contributed by atoms with E-state index in [4.69, 9.17) is 5.73 Å². The number of benzene rings is 1. The Morgan fingerprint density at radius 1 is 1.24 bits per heavy atom. The van der Waals surface area contributed by atoms with Crippen LogP contribution in [0.5, 0.6) is 0 Å². The van der Waals surface area contributed by atoms with Gasteiger partial charge < -0.3 is 11.1 Å². The summed E-state index contributed by atoms with van der Waals surface area (Å²) in [5, 5.41) is 3.47. The molecule has 21 heavy (non-hydrogen) atoms. The Hall–Kier alpha value is -2.36. The van der Waals surface area contributed by atoms with Crippen molar-refractivity contribution in [3.63, 3.8) is 0 Å². The maximum atomic E-state index is 11.5. The summed E-state index contributed by atoms with van der Waals surface area (Å²) in [6.07, 6.45) is 1.61. The molecule has 0 radical (unpaired) electrons. The van der Waals surface area contributed by atoms with Gasteiger partial charge in [-0.15, -0.1) is 0 Å². The summed E-state index contributed by atoms with van der Waals surface area (Å²) in [6.45, 7) is 4.03. The molecular weight excluding hydrogens is 262 g/mol. The van der Waals surface area contributed by atoms with Crippen LogP contribution < -0.4 is 11.1 Å². The molecule has 4 nitrogen and oxygen atoms in total. The van der Waals surface area contributed by atoms with E-state index in [1.165, 1.54) is 0 Å². The number of carbonyl (C=O) groups is 1. The average molecular weight is 283 g/mol. The van der Waals surface area contributed by atoms with Crippen LogP contribution in [0.3, 0.4) is 0 Å². The first-order valence-electron chi connectivity index (χ1n) is 7.18. The molecule has 1 aromatic carbocycles. The van der Waals surface area contributed by atoms with Gasteiger partial charge in [0.05, 0.1) is 11.3 Å². The number of nitrogens with zero attached hydrogens (tertiary/aromatic N) is 1. The summed E-state index contributed by atoms with van der Waals surface area (Å²) in [5.41, 5.74) is 8.67. The molecule has 2 aromatic rings. The number of anilines is 1. The Morgan fingerprint density at radius 3 is 2.57 bits per heavy atom. The first-order chi connectivity index (χ1) is 10.1. The maximum absolute atomic E-state index is 11.5. The Morgan fingerprint density at radius 2 is 1.95 bits per heavy atom. The van der Waals surface area contributed by atoms with Crippen molar-refractivity contribution in [3.8, 4) is 0 Å². The second kappa shape index (κ2) is 6.88. The molecule has 2 rings (SSSR count). The van der Waals surface area contributed by atoms with E-state index >= 15 is 0 Å². The topological polar surface area (TPSA) is 68.0 Å². The summed E-state index contributed by atoms with van der Waals surface area (Å²) < 4.78 is 0. The maximum Gasteiger partial charge on any atom is 0.250 e. The lowest BCUT2D eigenvalue weighted by Crippen LogP contribution is -2.24. The molecule has 1 amide bonds. The molecule has 0 aliphatic carbocycles. The van der Waals surface area contributed by atoms with E-state index in [0.29, 0.717) is 12.0 Å². The Balaban J connectivity index is 2.18. The van der Waals surface area contributed by atoms with Crippen molar-refractivity contribution >= 4 is 11.6 Å². The summed E-state index contributed by atoms with van der Waals surface area (Å²) in [6, 6.07) is 13.8. The second-order valence-electron chi connectivity index (χ2n) is 5.13. The van der Waals surface area contributed by atoms with Gasteiger partial charge in [-0.25, -0.2) is 0 Å². The summed E-state index contributed by atoms with van der Waals surface area (Å²) in [4.78, 5) is 16.0. The average Bonchev–Trinajstić information content (AvgIpc) is 2.47. The number of aromatic nitrogens is 1. The number of nitrogens with two attached hydrogens (primary N) is 1. The van der Waals surface area contributed by atoms with Gasteiger partial charge in [0.15, 0.2) is 0 Å². The van der Waals surface area contributed by atoms with Crippen molar-refractivity contribution in [2.24, 2.45) is 5.73 Å². The minimum atomic E-state index is -0.424. The van der Waals surface area contributed by atoms with Crippen molar-refractivity contribution in [1.29, 1.82) is 0 Å². The van der Waals surface area contributed by atoms with Crippen LogP contribution in [-0.2, 0) is 6.42 Å². The highest BCUT2D eigenvalue weighted by Gasteiger charge is 2.15. The zero-order chi connectivity index (χ0) is 15.2. The molecule has 110 valence electrons. The quantitative estimate of drug-likeness (QED) is 0.856. The molecule has 4 heteroatoms. The van der Waals surface area contributed by atoms with Crippen LogP contribution in [-0.4, -0.2) is 16.9 Å². The van der Waals surface area contributed by atoms with Crippen molar-refractivity contribution in [2.75, 3.05) is 5.32 Å². The molecule has 1 heterocycles. The predicted octanol–water partition coefficient (Wildman–Crippen LogP) is 2.92. The lowest BCUT2D eigenvalue weighted by Gasteiger charge is -2.19. The molecule has 0 aliphatic heterocycles. The largest absolute Gasteiger partial charge is 0.382 e. The number of hydrogen-bond acceptors (Lipinski definition) is 3. The fourth-order valence-electron chi connectivity index (χ4n) is 2.29. The van der Waals surface area contributed by atoms with Crippen LogP contribution in [0.15, 0.2) is 42.5 Å². The number of nitrogens with one attached hydrogen (secondary N) is 1. The number of hydrogen-bond donors (Lipinski definition) is 2. The van der Waals surface area contributed by atoms with Crippen LogP contribution in [0, 0.1) is 6.92 Å². The molecule has 1 atom stereocenters. The van der Waals surface area contributed by atoms with Crippen molar-refractivity contribution in [3.05, 3.63) is 59.4 Å². The molecule has 0 unspecified atom stereocenters. The SMILES string of the molecule is CC[C@@H](Cc1nc(C)ccc1C(N)=O)Nc1ccccc1. The van der Waals surface area contributed by atoms with Gasteiger partial charge >= 0.3 is 0 Å². The van der Waals surface area contributed by atoms with Crippen LogP contribution in [0.4, 0.5) is 5.69 Å². The summed E-state index contributed by atoms with van der Waals surface area (Å²) in [5.74, 6) is -0.424. The lowest BCUT2D eigenvalue weighted by molar-refractivity contribution is 0.0999. The standard InChI is InChI=1S/C17H21N3O/c1-3-13(20-14-7-5-4-6-8-14)11-16-15(17(18)21)10-9-12(2)19-16/h4-10,13,20H,3,11H2,1-2H3,(H2,18,21)/t13-/m0/s1. The highest BCUT2D eigenvalue weighted by molar-refractivity contribution is 5.93. The number of carbonyl (C=O) groups excluding carboxylic acids is 1. The zero-order valence-corrected chi connectivity index (χ0v) is 12.5. The normalized spacial score (nSPS) is 11.9. The van der Waals surface area contributed by atoms with Gasteiger partial charge in [0.2, 0.25) is 0 Å². The molecule has 0 saturated heterocycles. The first-order valence-corrected chi connectivity index (χ1v) is 7.18. The van der Waals surface area contributed by atoms with E-state index in [-0.39, 0.29) is 6.04 Å². The molecule has 0 saturated carbocycles. The number of primary amides is 1. The molecule has 0 fully saturated rings. The van der Waals surface area contributed by atoms with Gasteiger partial charge in [-0.1, -0.05) is 25.1 Å². The Labute approximate surface area is 125 Å². The second-order valence-corrected chi connectivity index (χ2v) is 5.13. The number of amides is 1. The van der Waals surface area contributed by atoms with Crippen molar-refractivity contribution in [2.45, 2.75) is 32.7 Å². The van der Waals surface area contributed by atoms with E-state index in [9.17, 15) is 4.79 Å². The third-order valence-electron chi connectivity index (χ3n) is 3.46. The third-order valence-corrected chi connectivity index (χ3v) is 3.46.